The standard InChI is InChI=1S/C20H20FN3O/c1-14-6-8-15(9-7-14)20-22-19(25-23-20)13-24(17-10-11-17)12-16-4-2-3-5-18(16)21/h2-9,17H,10-13H2,1H3. The minimum Gasteiger partial charge on any atom is -0.338 e. The average Bonchev–Trinajstić information content (AvgIpc) is 3.36. The lowest BCUT2D eigenvalue weighted by atomic mass is 10.1. The van der Waals surface area contributed by atoms with Gasteiger partial charge < -0.3 is 4.52 Å². The van der Waals surface area contributed by atoms with E-state index in [1.54, 1.807) is 6.07 Å². The summed E-state index contributed by atoms with van der Waals surface area (Å²) in [5.74, 6) is 0.995. The topological polar surface area (TPSA) is 42.2 Å². The van der Waals surface area contributed by atoms with Gasteiger partial charge in [0.15, 0.2) is 0 Å². The lowest BCUT2D eigenvalue weighted by Gasteiger charge is -2.20. The Morgan fingerprint density at radius 2 is 1.84 bits per heavy atom. The zero-order valence-electron chi connectivity index (χ0n) is 14.2. The molecule has 1 fully saturated rings. The summed E-state index contributed by atoms with van der Waals surface area (Å²) in [5, 5.41) is 4.09. The lowest BCUT2D eigenvalue weighted by Crippen LogP contribution is -2.25. The molecule has 1 aliphatic carbocycles. The Hall–Kier alpha value is -2.53. The number of hydrogen-bond acceptors (Lipinski definition) is 4. The van der Waals surface area contributed by atoms with Crippen LogP contribution in [0.15, 0.2) is 53.1 Å². The summed E-state index contributed by atoms with van der Waals surface area (Å²) in [6.45, 7) is 3.14. The Bertz CT molecular complexity index is 855. The van der Waals surface area contributed by atoms with Crippen LogP contribution in [0.5, 0.6) is 0 Å². The molecule has 4 nitrogen and oxygen atoms in total. The summed E-state index contributed by atoms with van der Waals surface area (Å²) >= 11 is 0. The van der Waals surface area contributed by atoms with Crippen LogP contribution >= 0.6 is 0 Å². The predicted molar refractivity (Wildman–Crippen MR) is 93.1 cm³/mol. The fourth-order valence-corrected chi connectivity index (χ4v) is 2.91. The van der Waals surface area contributed by atoms with Crippen molar-refractivity contribution in [1.82, 2.24) is 15.0 Å². The molecule has 0 aliphatic heterocycles. The van der Waals surface area contributed by atoms with Crippen LogP contribution < -0.4 is 0 Å². The van der Waals surface area contributed by atoms with Crippen molar-refractivity contribution in [2.45, 2.75) is 38.9 Å². The van der Waals surface area contributed by atoms with Gasteiger partial charge in [-0.3, -0.25) is 4.90 Å². The van der Waals surface area contributed by atoms with Crippen LogP contribution in [0.1, 0.15) is 29.9 Å². The Balaban J connectivity index is 1.49. The number of hydrogen-bond donors (Lipinski definition) is 0. The third kappa shape index (κ3) is 3.77. The van der Waals surface area contributed by atoms with E-state index in [4.69, 9.17) is 4.52 Å². The van der Waals surface area contributed by atoms with Gasteiger partial charge in [0.2, 0.25) is 11.7 Å². The molecule has 2 aromatic carbocycles. The maximum absolute atomic E-state index is 14.0. The Kier molecular flexibility index (Phi) is 4.32. The van der Waals surface area contributed by atoms with Crippen molar-refractivity contribution in [2.75, 3.05) is 0 Å². The molecule has 0 amide bonds. The van der Waals surface area contributed by atoms with Crippen LogP contribution in [0.25, 0.3) is 11.4 Å². The second kappa shape index (κ2) is 6.76. The van der Waals surface area contributed by atoms with Crippen LogP contribution in [-0.4, -0.2) is 21.1 Å². The highest BCUT2D eigenvalue weighted by Crippen LogP contribution is 2.30. The maximum atomic E-state index is 14.0. The molecule has 0 saturated heterocycles. The number of benzene rings is 2. The lowest BCUT2D eigenvalue weighted by molar-refractivity contribution is 0.207. The highest BCUT2D eigenvalue weighted by atomic mass is 19.1. The molecule has 1 saturated carbocycles. The predicted octanol–water partition coefficient (Wildman–Crippen LogP) is 4.35. The van der Waals surface area contributed by atoms with Crippen molar-refractivity contribution >= 4 is 0 Å². The first-order valence-electron chi connectivity index (χ1n) is 8.56. The van der Waals surface area contributed by atoms with Crippen LogP contribution in [0.4, 0.5) is 4.39 Å². The third-order valence-corrected chi connectivity index (χ3v) is 4.51. The number of aromatic nitrogens is 2. The fourth-order valence-electron chi connectivity index (χ4n) is 2.91. The normalized spacial score (nSPS) is 14.2. The molecule has 128 valence electrons. The number of nitrogens with zero attached hydrogens (tertiary/aromatic N) is 3. The maximum Gasteiger partial charge on any atom is 0.241 e. The molecule has 1 aromatic heterocycles. The molecular formula is C20H20FN3O. The van der Waals surface area contributed by atoms with Gasteiger partial charge >= 0.3 is 0 Å². The van der Waals surface area contributed by atoms with E-state index in [0.717, 1.165) is 18.4 Å². The molecule has 0 radical (unpaired) electrons. The molecular weight excluding hydrogens is 317 g/mol. The third-order valence-electron chi connectivity index (χ3n) is 4.51. The SMILES string of the molecule is Cc1ccc(-c2noc(CN(Cc3ccccc3F)C3CC3)n2)cc1. The second-order valence-electron chi connectivity index (χ2n) is 6.61. The van der Waals surface area contributed by atoms with E-state index in [2.05, 4.69) is 15.0 Å². The van der Waals surface area contributed by atoms with E-state index in [0.29, 0.717) is 36.4 Å². The molecule has 1 aliphatic rings. The van der Waals surface area contributed by atoms with Gasteiger partial charge in [0.1, 0.15) is 5.82 Å². The van der Waals surface area contributed by atoms with Gasteiger partial charge in [-0.05, 0) is 25.8 Å². The summed E-state index contributed by atoms with van der Waals surface area (Å²) < 4.78 is 19.4. The first kappa shape index (κ1) is 16.0. The largest absolute Gasteiger partial charge is 0.338 e. The van der Waals surface area contributed by atoms with Crippen molar-refractivity contribution in [3.8, 4) is 11.4 Å². The molecule has 0 spiro atoms. The first-order valence-corrected chi connectivity index (χ1v) is 8.56. The summed E-state index contributed by atoms with van der Waals surface area (Å²) in [6, 6.07) is 15.4. The second-order valence-corrected chi connectivity index (χ2v) is 6.61. The summed E-state index contributed by atoms with van der Waals surface area (Å²) in [4.78, 5) is 6.72. The monoisotopic (exact) mass is 337 g/mol. The summed E-state index contributed by atoms with van der Waals surface area (Å²) in [6.07, 6.45) is 2.26. The van der Waals surface area contributed by atoms with Gasteiger partial charge in [-0.25, -0.2) is 4.39 Å². The van der Waals surface area contributed by atoms with E-state index >= 15 is 0 Å². The quantitative estimate of drug-likeness (QED) is 0.671. The summed E-state index contributed by atoms with van der Waals surface area (Å²) in [7, 11) is 0. The van der Waals surface area contributed by atoms with E-state index in [-0.39, 0.29) is 5.82 Å². The fraction of sp³-hybridized carbons (Fsp3) is 0.300. The molecule has 3 aromatic rings. The summed E-state index contributed by atoms with van der Waals surface area (Å²) in [5.41, 5.74) is 2.83. The molecule has 0 bridgehead atoms. The van der Waals surface area contributed by atoms with Gasteiger partial charge in [0.25, 0.3) is 0 Å². The van der Waals surface area contributed by atoms with Gasteiger partial charge in [-0.1, -0.05) is 53.2 Å². The zero-order valence-corrected chi connectivity index (χ0v) is 14.2. The highest BCUT2D eigenvalue weighted by Gasteiger charge is 2.30. The number of rotatable bonds is 6. The molecule has 0 unspecified atom stereocenters. The van der Waals surface area contributed by atoms with Gasteiger partial charge in [-0.15, -0.1) is 0 Å². The minimum atomic E-state index is -0.168. The Morgan fingerprint density at radius 3 is 2.56 bits per heavy atom. The number of aryl methyl sites for hydroxylation is 1. The van der Waals surface area contributed by atoms with Gasteiger partial charge in [0, 0.05) is 23.7 Å². The van der Waals surface area contributed by atoms with Crippen molar-refractivity contribution < 1.29 is 8.91 Å². The van der Waals surface area contributed by atoms with Crippen molar-refractivity contribution in [1.29, 1.82) is 0 Å². The van der Waals surface area contributed by atoms with Crippen molar-refractivity contribution in [3.63, 3.8) is 0 Å². The highest BCUT2D eigenvalue weighted by molar-refractivity contribution is 5.54. The van der Waals surface area contributed by atoms with Gasteiger partial charge in [0.05, 0.1) is 6.54 Å². The van der Waals surface area contributed by atoms with E-state index in [1.165, 1.54) is 11.6 Å². The van der Waals surface area contributed by atoms with E-state index in [1.807, 2.05) is 43.3 Å². The average molecular weight is 337 g/mol. The number of halogens is 1. The Morgan fingerprint density at radius 1 is 1.08 bits per heavy atom. The van der Waals surface area contributed by atoms with Gasteiger partial charge in [-0.2, -0.15) is 4.98 Å². The molecule has 0 atom stereocenters. The molecule has 1 heterocycles. The zero-order chi connectivity index (χ0) is 17.2. The van der Waals surface area contributed by atoms with Crippen molar-refractivity contribution in [3.05, 3.63) is 71.4 Å². The van der Waals surface area contributed by atoms with Crippen LogP contribution in [0, 0.1) is 12.7 Å². The van der Waals surface area contributed by atoms with E-state index in [9.17, 15) is 4.39 Å². The Labute approximate surface area is 146 Å². The van der Waals surface area contributed by atoms with Crippen molar-refractivity contribution in [2.24, 2.45) is 0 Å². The molecule has 25 heavy (non-hydrogen) atoms. The smallest absolute Gasteiger partial charge is 0.241 e. The van der Waals surface area contributed by atoms with E-state index < -0.39 is 0 Å². The molecule has 0 N–H and O–H groups in total. The first-order chi connectivity index (χ1) is 12.2. The minimum absolute atomic E-state index is 0.168. The van der Waals surface area contributed by atoms with Crippen LogP contribution in [-0.2, 0) is 13.1 Å². The van der Waals surface area contributed by atoms with Crippen LogP contribution in [0.2, 0.25) is 0 Å². The molecule has 4 rings (SSSR count). The van der Waals surface area contributed by atoms with Crippen LogP contribution in [0.3, 0.4) is 0 Å². The molecule has 5 heteroatoms.